The van der Waals surface area contributed by atoms with E-state index in [4.69, 9.17) is 0 Å². The lowest BCUT2D eigenvalue weighted by Crippen LogP contribution is -2.18. The van der Waals surface area contributed by atoms with Crippen molar-refractivity contribution < 1.29 is 39.9 Å². The van der Waals surface area contributed by atoms with Crippen molar-refractivity contribution in [3.63, 3.8) is 0 Å². The van der Waals surface area contributed by atoms with E-state index >= 15 is 0 Å². The maximum absolute atomic E-state index is 13.8. The first-order valence-electron chi connectivity index (χ1n) is 8.29. The summed E-state index contributed by atoms with van der Waals surface area (Å²) in [6.45, 7) is 0. The average Bonchev–Trinajstić information content (AvgIpc) is 3.45. The predicted octanol–water partition coefficient (Wildman–Crippen LogP) is 4.57. The van der Waals surface area contributed by atoms with Crippen molar-refractivity contribution in [2.24, 2.45) is 0 Å². The van der Waals surface area contributed by atoms with Gasteiger partial charge in [-0.3, -0.25) is 4.79 Å². The van der Waals surface area contributed by atoms with Crippen molar-refractivity contribution in [2.75, 3.05) is 5.32 Å². The van der Waals surface area contributed by atoms with Crippen LogP contribution < -0.4 is 5.32 Å². The number of hydrogen-bond donors (Lipinski definition) is 1. The molecule has 158 valence electrons. The zero-order chi connectivity index (χ0) is 22.0. The first-order valence-corrected chi connectivity index (χ1v) is 8.29. The van der Waals surface area contributed by atoms with E-state index in [1.165, 1.54) is 5.32 Å². The van der Waals surface area contributed by atoms with Crippen molar-refractivity contribution in [2.45, 2.75) is 24.9 Å². The number of carbonyl (C=O) groups excluding carboxylic acids is 1. The molecule has 4 rings (SSSR count). The van der Waals surface area contributed by atoms with E-state index in [-0.39, 0.29) is 11.6 Å². The Bertz CT molecular complexity index is 1170. The zero-order valence-electron chi connectivity index (χ0n) is 14.4. The largest absolute Gasteiger partial charge is 0.433 e. The van der Waals surface area contributed by atoms with Crippen LogP contribution in [-0.2, 0) is 6.18 Å². The minimum atomic E-state index is -4.86. The van der Waals surface area contributed by atoms with Gasteiger partial charge in [-0.2, -0.15) is 18.3 Å². The molecule has 0 atom stereocenters. The summed E-state index contributed by atoms with van der Waals surface area (Å²) in [4.78, 5) is 16.4. The molecule has 13 heteroatoms. The molecule has 0 unspecified atom stereocenters. The van der Waals surface area contributed by atoms with E-state index in [9.17, 15) is 39.9 Å². The number of amides is 1. The molecule has 0 radical (unpaired) electrons. The molecule has 0 saturated heterocycles. The summed E-state index contributed by atoms with van der Waals surface area (Å²) >= 11 is 0. The van der Waals surface area contributed by atoms with Gasteiger partial charge in [-0.15, -0.1) is 0 Å². The van der Waals surface area contributed by atoms with Gasteiger partial charge in [-0.1, -0.05) is 0 Å². The summed E-state index contributed by atoms with van der Waals surface area (Å²) in [5.74, 6) is -13.3. The molecule has 3 aromatic rings. The van der Waals surface area contributed by atoms with Gasteiger partial charge in [-0.05, 0) is 18.9 Å². The highest BCUT2D eigenvalue weighted by Gasteiger charge is 2.38. The van der Waals surface area contributed by atoms with Gasteiger partial charge >= 0.3 is 6.18 Å². The van der Waals surface area contributed by atoms with Gasteiger partial charge in [0, 0.05) is 11.6 Å². The van der Waals surface area contributed by atoms with Crippen molar-refractivity contribution in [1.29, 1.82) is 0 Å². The number of benzene rings is 1. The number of carbonyl (C=O) groups is 1. The average molecular weight is 436 g/mol. The second-order valence-corrected chi connectivity index (χ2v) is 6.53. The number of nitrogens with zero attached hydrogens (tertiary/aromatic N) is 3. The zero-order valence-corrected chi connectivity index (χ0v) is 14.4. The molecule has 5 nitrogen and oxygen atoms in total. The van der Waals surface area contributed by atoms with E-state index in [0.717, 1.165) is 6.07 Å². The van der Waals surface area contributed by atoms with Crippen molar-refractivity contribution >= 4 is 17.2 Å². The normalized spacial score (nSPS) is 14.4. The van der Waals surface area contributed by atoms with E-state index in [1.54, 1.807) is 0 Å². The molecule has 0 aliphatic heterocycles. The van der Waals surface area contributed by atoms with Crippen LogP contribution in [0, 0.1) is 29.1 Å². The maximum Gasteiger partial charge on any atom is 0.433 e. The van der Waals surface area contributed by atoms with Crippen molar-refractivity contribution in [3.8, 4) is 0 Å². The Morgan fingerprint density at radius 3 is 2.10 bits per heavy atom. The molecule has 1 amide bonds. The Balaban J connectivity index is 1.81. The second kappa shape index (κ2) is 6.64. The van der Waals surface area contributed by atoms with Gasteiger partial charge in [0.1, 0.15) is 16.9 Å². The molecule has 1 aliphatic rings. The Labute approximate surface area is 161 Å². The SMILES string of the molecule is O=C(Nc1c(F)c(F)c(F)c(F)c1F)c1cnn2c(C(F)(F)F)cc(C3CC3)nc12. The highest BCUT2D eigenvalue weighted by molar-refractivity contribution is 6.08. The Morgan fingerprint density at radius 2 is 1.57 bits per heavy atom. The van der Waals surface area contributed by atoms with Crippen LogP contribution >= 0.6 is 0 Å². The van der Waals surface area contributed by atoms with Crippen LogP contribution in [0.1, 0.15) is 40.5 Å². The van der Waals surface area contributed by atoms with Gasteiger partial charge in [0.05, 0.1) is 6.20 Å². The molecular weight excluding hydrogens is 428 g/mol. The third-order valence-corrected chi connectivity index (χ3v) is 4.47. The van der Waals surface area contributed by atoms with Gasteiger partial charge in [0.2, 0.25) is 5.82 Å². The number of fused-ring (bicyclic) bond motifs is 1. The molecule has 0 spiro atoms. The fourth-order valence-corrected chi connectivity index (χ4v) is 2.83. The number of aromatic nitrogens is 3. The lowest BCUT2D eigenvalue weighted by Gasteiger charge is -2.12. The lowest BCUT2D eigenvalue weighted by atomic mass is 10.2. The topological polar surface area (TPSA) is 59.3 Å². The molecule has 2 aromatic heterocycles. The van der Waals surface area contributed by atoms with Gasteiger partial charge in [0.15, 0.2) is 28.9 Å². The fourth-order valence-electron chi connectivity index (χ4n) is 2.83. The standard InChI is InChI=1S/C17H8F8N4O/c18-9-10(19)12(21)14(13(22)11(9)20)28-16(30)6-4-26-29-8(17(23,24)25)3-7(5-1-2-5)27-15(6)29/h3-5H,1-2H2,(H,28,30). The number of hydrogen-bond acceptors (Lipinski definition) is 3. The molecule has 1 aliphatic carbocycles. The summed E-state index contributed by atoms with van der Waals surface area (Å²) in [5.41, 5.74) is -4.06. The summed E-state index contributed by atoms with van der Waals surface area (Å²) in [5, 5.41) is 4.93. The maximum atomic E-state index is 13.8. The Hall–Kier alpha value is -3.25. The molecule has 30 heavy (non-hydrogen) atoms. The summed E-state index contributed by atoms with van der Waals surface area (Å²) in [6, 6.07) is 0.781. The molecule has 2 heterocycles. The number of alkyl halides is 3. The van der Waals surface area contributed by atoms with Crippen LogP contribution in [0.5, 0.6) is 0 Å². The highest BCUT2D eigenvalue weighted by Crippen LogP contribution is 2.41. The number of halogens is 8. The first-order chi connectivity index (χ1) is 14.0. The third-order valence-electron chi connectivity index (χ3n) is 4.47. The predicted molar refractivity (Wildman–Crippen MR) is 84.1 cm³/mol. The number of nitrogens with one attached hydrogen (secondary N) is 1. The summed E-state index contributed by atoms with van der Waals surface area (Å²) in [6.07, 6.45) is -3.04. The van der Waals surface area contributed by atoms with Crippen molar-refractivity contribution in [3.05, 3.63) is 58.3 Å². The van der Waals surface area contributed by atoms with Gasteiger partial charge in [-0.25, -0.2) is 31.5 Å². The summed E-state index contributed by atoms with van der Waals surface area (Å²) in [7, 11) is 0. The van der Waals surface area contributed by atoms with Crippen LogP contribution in [0.25, 0.3) is 5.65 Å². The molecule has 1 N–H and O–H groups in total. The van der Waals surface area contributed by atoms with Crippen LogP contribution in [0.3, 0.4) is 0 Å². The molecule has 0 bridgehead atoms. The van der Waals surface area contributed by atoms with Crippen molar-refractivity contribution in [1.82, 2.24) is 14.6 Å². The lowest BCUT2D eigenvalue weighted by molar-refractivity contribution is -0.142. The second-order valence-electron chi connectivity index (χ2n) is 6.53. The van der Waals surface area contributed by atoms with E-state index in [1.807, 2.05) is 0 Å². The quantitative estimate of drug-likeness (QED) is 0.372. The highest BCUT2D eigenvalue weighted by atomic mass is 19.4. The van der Waals surface area contributed by atoms with Gasteiger partial charge < -0.3 is 5.32 Å². The minimum Gasteiger partial charge on any atom is -0.317 e. The van der Waals surface area contributed by atoms with Gasteiger partial charge in [0.25, 0.3) is 5.91 Å². The number of rotatable bonds is 3. The van der Waals surface area contributed by atoms with Crippen LogP contribution in [-0.4, -0.2) is 20.5 Å². The van der Waals surface area contributed by atoms with Crippen LogP contribution in [0.15, 0.2) is 12.3 Å². The molecule has 1 fully saturated rings. The molecular formula is C17H8F8N4O. The third kappa shape index (κ3) is 3.13. The Kier molecular flexibility index (Phi) is 4.43. The van der Waals surface area contributed by atoms with E-state index < -0.39 is 63.8 Å². The first kappa shape index (κ1) is 20.0. The number of anilines is 1. The Morgan fingerprint density at radius 1 is 1.00 bits per heavy atom. The summed E-state index contributed by atoms with van der Waals surface area (Å²) < 4.78 is 108. The molecule has 1 saturated carbocycles. The fraction of sp³-hybridized carbons (Fsp3) is 0.235. The monoisotopic (exact) mass is 436 g/mol. The van der Waals surface area contributed by atoms with E-state index in [0.29, 0.717) is 23.6 Å². The smallest absolute Gasteiger partial charge is 0.317 e. The van der Waals surface area contributed by atoms with E-state index in [2.05, 4.69) is 10.1 Å². The van der Waals surface area contributed by atoms with Crippen LogP contribution in [0.2, 0.25) is 0 Å². The molecule has 1 aromatic carbocycles. The minimum absolute atomic E-state index is 0.0422. The van der Waals surface area contributed by atoms with Crippen LogP contribution in [0.4, 0.5) is 40.8 Å².